The molecule has 0 amide bonds. The normalized spacial score (nSPS) is 12.2. The van der Waals surface area contributed by atoms with Crippen molar-refractivity contribution in [3.05, 3.63) is 187 Å². The minimum Gasteiger partial charge on any atom is -0.457 e. The van der Waals surface area contributed by atoms with Gasteiger partial charge in [-0.1, -0.05) is 107 Å². The highest BCUT2D eigenvalue weighted by molar-refractivity contribution is 6.19. The predicted octanol–water partition coefficient (Wildman–Crippen LogP) is 14.9. The monoisotopic (exact) mass is 801 g/mol. The first-order valence-electron chi connectivity index (χ1n) is 21.5. The number of fused-ring (bicyclic) bond motifs is 12. The van der Waals surface area contributed by atoms with Crippen LogP contribution in [0.15, 0.2) is 176 Å². The Morgan fingerprint density at radius 2 is 1.05 bits per heavy atom. The Balaban J connectivity index is 1.05. The van der Waals surface area contributed by atoms with Crippen LogP contribution in [0.5, 0.6) is 11.5 Å². The number of hydrogen-bond donors (Lipinski definition) is 0. The molecule has 7 aromatic carbocycles. The molecule has 0 aliphatic rings. The summed E-state index contributed by atoms with van der Waals surface area (Å²) in [6.07, 6.45) is 3.93. The molecule has 5 heterocycles. The summed E-state index contributed by atoms with van der Waals surface area (Å²) in [7, 11) is 0. The maximum absolute atomic E-state index is 6.86. The third kappa shape index (κ3) is 5.42. The van der Waals surface area contributed by atoms with Gasteiger partial charge in [0.15, 0.2) is 0 Å². The average molecular weight is 802 g/mol. The van der Waals surface area contributed by atoms with Crippen LogP contribution in [0.1, 0.15) is 50.7 Å². The van der Waals surface area contributed by atoms with E-state index in [0.717, 1.165) is 78.0 Å². The van der Waals surface area contributed by atoms with Crippen molar-refractivity contribution < 1.29 is 4.74 Å². The molecule has 0 saturated heterocycles. The number of aromatic nitrogens is 5. The smallest absolute Gasteiger partial charge is 0.145 e. The second-order valence-electron chi connectivity index (χ2n) is 17.0. The van der Waals surface area contributed by atoms with Crippen molar-refractivity contribution in [2.24, 2.45) is 0 Å². The lowest BCUT2D eigenvalue weighted by Gasteiger charge is -2.20. The molecule has 5 aromatic heterocycles. The van der Waals surface area contributed by atoms with Gasteiger partial charge in [-0.2, -0.15) is 0 Å². The molecule has 0 saturated carbocycles. The lowest BCUT2D eigenvalue weighted by molar-refractivity contribution is 0.484. The van der Waals surface area contributed by atoms with Crippen LogP contribution < -0.4 is 4.74 Å². The Morgan fingerprint density at radius 1 is 0.435 bits per heavy atom. The van der Waals surface area contributed by atoms with Gasteiger partial charge in [0.2, 0.25) is 0 Å². The Labute approximate surface area is 358 Å². The molecule has 12 aromatic rings. The van der Waals surface area contributed by atoms with E-state index in [1.165, 1.54) is 38.4 Å². The highest BCUT2D eigenvalue weighted by atomic mass is 16.5. The lowest BCUT2D eigenvalue weighted by atomic mass is 9.87. The molecule has 0 radical (unpaired) electrons. The van der Waals surface area contributed by atoms with Crippen LogP contribution in [0, 0.1) is 0 Å². The van der Waals surface area contributed by atoms with E-state index in [4.69, 9.17) is 14.7 Å². The van der Waals surface area contributed by atoms with Gasteiger partial charge in [-0.3, -0.25) is 8.97 Å². The molecule has 0 bridgehead atoms. The van der Waals surface area contributed by atoms with Crippen molar-refractivity contribution in [3.63, 3.8) is 0 Å². The maximum Gasteiger partial charge on any atom is 0.145 e. The summed E-state index contributed by atoms with van der Waals surface area (Å²) in [5, 5.41) is 8.09. The highest BCUT2D eigenvalue weighted by Gasteiger charge is 2.23. The van der Waals surface area contributed by atoms with Gasteiger partial charge >= 0.3 is 0 Å². The van der Waals surface area contributed by atoms with Crippen LogP contribution in [0.2, 0.25) is 0 Å². The summed E-state index contributed by atoms with van der Waals surface area (Å²) in [6.45, 7) is 9.12. The molecule has 0 fully saturated rings. The molecule has 0 atom stereocenters. The molecule has 6 heteroatoms. The topological polar surface area (TPSA) is 49.3 Å². The Morgan fingerprint density at radius 3 is 1.77 bits per heavy atom. The van der Waals surface area contributed by atoms with Crippen molar-refractivity contribution >= 4 is 70.9 Å². The molecule has 0 aliphatic carbocycles. The zero-order chi connectivity index (χ0) is 41.6. The number of imidazole rings is 1. The average Bonchev–Trinajstić information content (AvgIpc) is 3.99. The van der Waals surface area contributed by atoms with Gasteiger partial charge in [0.1, 0.15) is 23.0 Å². The summed E-state index contributed by atoms with van der Waals surface area (Å²) >= 11 is 0. The minimum absolute atomic E-state index is 0.358. The van der Waals surface area contributed by atoms with Gasteiger partial charge in [0, 0.05) is 55.8 Å². The molecule has 298 valence electrons. The van der Waals surface area contributed by atoms with Crippen molar-refractivity contribution in [1.29, 1.82) is 0 Å². The lowest BCUT2D eigenvalue weighted by Crippen LogP contribution is -2.02. The standard InChI is InChI=1S/C56H43N5O/c1-34(2)39-19-14-20-40(35(3)4)55(39)53-33-58-56-47-29-37(24-26-41(47)42-17-8-11-22-49(42)61(53)56)62-38-25-27-44-46-31-45-43-18-9-10-21-48(43)59(36-15-6-5-7-16-36)51(45)32-52(46)60(50(44)30-38)54-23-12-13-28-57-54/h5-35H,1-4H3. The van der Waals surface area contributed by atoms with Crippen LogP contribution in [-0.4, -0.2) is 23.5 Å². The highest BCUT2D eigenvalue weighted by Crippen LogP contribution is 2.43. The van der Waals surface area contributed by atoms with Gasteiger partial charge in [-0.25, -0.2) is 9.97 Å². The third-order valence-corrected chi connectivity index (χ3v) is 12.7. The number of pyridine rings is 2. The van der Waals surface area contributed by atoms with Crippen molar-refractivity contribution in [1.82, 2.24) is 23.5 Å². The molecular weight excluding hydrogens is 759 g/mol. The van der Waals surface area contributed by atoms with E-state index in [1.807, 2.05) is 18.3 Å². The Kier molecular flexibility index (Phi) is 8.13. The number of rotatable bonds is 7. The first-order valence-corrected chi connectivity index (χ1v) is 21.5. The van der Waals surface area contributed by atoms with E-state index in [-0.39, 0.29) is 0 Å². The van der Waals surface area contributed by atoms with Gasteiger partial charge in [0.05, 0.1) is 39.5 Å². The van der Waals surface area contributed by atoms with Gasteiger partial charge < -0.3 is 9.30 Å². The molecule has 0 aliphatic heterocycles. The van der Waals surface area contributed by atoms with Gasteiger partial charge in [-0.15, -0.1) is 0 Å². The number of hydrogen-bond acceptors (Lipinski definition) is 3. The first kappa shape index (κ1) is 36.2. The third-order valence-electron chi connectivity index (χ3n) is 12.7. The number of benzene rings is 7. The zero-order valence-electron chi connectivity index (χ0n) is 35.0. The van der Waals surface area contributed by atoms with Crippen LogP contribution in [0.3, 0.4) is 0 Å². The van der Waals surface area contributed by atoms with E-state index in [0.29, 0.717) is 11.8 Å². The fourth-order valence-electron chi connectivity index (χ4n) is 9.96. The van der Waals surface area contributed by atoms with Crippen LogP contribution in [0.25, 0.3) is 93.7 Å². The fourth-order valence-corrected chi connectivity index (χ4v) is 9.96. The second kappa shape index (κ2) is 13.9. The Bertz CT molecular complexity index is 3700. The van der Waals surface area contributed by atoms with E-state index in [1.54, 1.807) is 0 Å². The zero-order valence-corrected chi connectivity index (χ0v) is 35.0. The van der Waals surface area contributed by atoms with Gasteiger partial charge in [0.25, 0.3) is 0 Å². The van der Waals surface area contributed by atoms with Crippen molar-refractivity contribution in [3.8, 4) is 34.3 Å². The van der Waals surface area contributed by atoms with E-state index in [9.17, 15) is 0 Å². The van der Waals surface area contributed by atoms with E-state index < -0.39 is 0 Å². The summed E-state index contributed by atoms with van der Waals surface area (Å²) in [4.78, 5) is 10.1. The van der Waals surface area contributed by atoms with E-state index >= 15 is 0 Å². The van der Waals surface area contributed by atoms with Crippen LogP contribution in [-0.2, 0) is 0 Å². The molecule has 12 rings (SSSR count). The first-order chi connectivity index (χ1) is 30.4. The molecule has 0 N–H and O–H groups in total. The number of ether oxygens (including phenoxy) is 1. The second-order valence-corrected chi connectivity index (χ2v) is 17.0. The SMILES string of the molecule is CC(C)c1cccc(C(C)C)c1-c1cnc2c3cc(Oc4ccc5c6cc7c8ccccc8n(-c8ccccc8)c7cc6n(-c6ccccn6)c5c4)ccc3c3ccccc3n12. The number of nitrogens with zero attached hydrogens (tertiary/aromatic N) is 5. The summed E-state index contributed by atoms with van der Waals surface area (Å²) in [6, 6.07) is 58.4. The summed E-state index contributed by atoms with van der Waals surface area (Å²) in [5.41, 5.74) is 12.7. The fraction of sp³-hybridized carbons (Fsp3) is 0.107. The van der Waals surface area contributed by atoms with Crippen LogP contribution >= 0.6 is 0 Å². The van der Waals surface area contributed by atoms with Crippen molar-refractivity contribution in [2.75, 3.05) is 0 Å². The number of para-hydroxylation sites is 3. The molecule has 0 spiro atoms. The van der Waals surface area contributed by atoms with Crippen LogP contribution in [0.4, 0.5) is 0 Å². The largest absolute Gasteiger partial charge is 0.457 e. The molecule has 62 heavy (non-hydrogen) atoms. The van der Waals surface area contributed by atoms with Crippen molar-refractivity contribution in [2.45, 2.75) is 39.5 Å². The Hall–Kier alpha value is -7.70. The van der Waals surface area contributed by atoms with E-state index in [2.05, 4.69) is 199 Å². The molecule has 0 unspecified atom stereocenters. The molecular formula is C56H43N5O. The maximum atomic E-state index is 6.86. The quantitative estimate of drug-likeness (QED) is 0.151. The molecule has 6 nitrogen and oxygen atoms in total. The predicted molar refractivity (Wildman–Crippen MR) is 257 cm³/mol. The summed E-state index contributed by atoms with van der Waals surface area (Å²) in [5.74, 6) is 3.06. The van der Waals surface area contributed by atoms with Gasteiger partial charge in [-0.05, 0) is 107 Å². The minimum atomic E-state index is 0.358. The summed E-state index contributed by atoms with van der Waals surface area (Å²) < 4.78 is 13.9.